The summed E-state index contributed by atoms with van der Waals surface area (Å²) in [6.45, 7) is 10.3. The molecule has 3 saturated heterocycles. The third-order valence-corrected chi connectivity index (χ3v) is 7.88. The molecule has 2 N–H and O–H groups in total. The van der Waals surface area contributed by atoms with Crippen LogP contribution in [0, 0.1) is 17.8 Å². The van der Waals surface area contributed by atoms with Gasteiger partial charge >= 0.3 is 5.97 Å². The quantitative estimate of drug-likeness (QED) is 0.322. The smallest absolute Gasteiger partial charge is 0.310 e. The molecule has 0 radical (unpaired) electrons. The van der Waals surface area contributed by atoms with Crippen LogP contribution in [0.15, 0.2) is 12.7 Å². The Kier molecular flexibility index (Phi) is 7.72. The zero-order valence-electron chi connectivity index (χ0n) is 19.1. The number of nitrogens with zero attached hydrogens (tertiary/aromatic N) is 2. The molecule has 3 fully saturated rings. The molecule has 0 aromatic carbocycles. The summed E-state index contributed by atoms with van der Waals surface area (Å²) in [5.74, 6) is -3.54. The van der Waals surface area contributed by atoms with Gasteiger partial charge in [-0.25, -0.2) is 0 Å². The van der Waals surface area contributed by atoms with E-state index in [1.165, 1.54) is 4.90 Å². The van der Waals surface area contributed by atoms with Crippen molar-refractivity contribution in [3.63, 3.8) is 0 Å². The lowest BCUT2D eigenvalue weighted by atomic mass is 9.70. The van der Waals surface area contributed by atoms with Gasteiger partial charge in [-0.1, -0.05) is 49.2 Å². The van der Waals surface area contributed by atoms with Crippen molar-refractivity contribution in [3.8, 4) is 0 Å². The minimum absolute atomic E-state index is 0.175. The molecule has 2 bridgehead atoms. The van der Waals surface area contributed by atoms with E-state index in [2.05, 4.69) is 22.5 Å². The van der Waals surface area contributed by atoms with Crippen molar-refractivity contribution < 1.29 is 29.3 Å². The number of fused-ring (bicyclic) bond motifs is 1. The molecule has 32 heavy (non-hydrogen) atoms. The fraction of sp³-hybridized carbons (Fsp3) is 0.783. The first-order chi connectivity index (χ1) is 15.1. The highest BCUT2D eigenvalue weighted by atomic mass is 79.9. The van der Waals surface area contributed by atoms with E-state index in [9.17, 15) is 24.6 Å². The maximum absolute atomic E-state index is 14.0. The number of likely N-dealkylation sites (tertiary alicyclic amines) is 1. The van der Waals surface area contributed by atoms with Gasteiger partial charge in [0.2, 0.25) is 11.8 Å². The molecule has 0 aliphatic carbocycles. The van der Waals surface area contributed by atoms with Crippen LogP contribution in [0.1, 0.15) is 46.5 Å². The lowest BCUT2D eigenvalue weighted by Gasteiger charge is -2.39. The Morgan fingerprint density at radius 1 is 1.44 bits per heavy atom. The molecule has 3 rings (SSSR count). The Morgan fingerprint density at radius 2 is 2.12 bits per heavy atom. The third-order valence-electron chi connectivity index (χ3n) is 7.04. The van der Waals surface area contributed by atoms with E-state index >= 15 is 0 Å². The number of carbonyl (C=O) groups excluding carboxylic acids is 2. The van der Waals surface area contributed by atoms with Gasteiger partial charge in [-0.05, 0) is 25.2 Å². The lowest BCUT2D eigenvalue weighted by Crippen LogP contribution is -2.59. The second-order valence-electron chi connectivity index (χ2n) is 9.64. The molecule has 7 atom stereocenters. The number of unbranched alkanes of at least 4 members (excludes halogenated alkanes) is 1. The maximum Gasteiger partial charge on any atom is 0.310 e. The van der Waals surface area contributed by atoms with Crippen molar-refractivity contribution in [3.05, 3.63) is 12.7 Å². The average molecular weight is 515 g/mol. The van der Waals surface area contributed by atoms with Crippen molar-refractivity contribution in [1.29, 1.82) is 0 Å². The number of aliphatic hydroxyl groups excluding tert-OH is 1. The van der Waals surface area contributed by atoms with Crippen LogP contribution in [-0.4, -0.2) is 86.1 Å². The Balaban J connectivity index is 2.10. The number of carboxylic acids is 1. The minimum atomic E-state index is -1.22. The molecular weight excluding hydrogens is 480 g/mol. The van der Waals surface area contributed by atoms with E-state index < -0.39 is 47.5 Å². The van der Waals surface area contributed by atoms with Gasteiger partial charge in [0.1, 0.15) is 11.6 Å². The molecule has 9 heteroatoms. The summed E-state index contributed by atoms with van der Waals surface area (Å²) in [4.78, 5) is 42.8. The van der Waals surface area contributed by atoms with E-state index in [0.29, 0.717) is 25.9 Å². The van der Waals surface area contributed by atoms with E-state index in [1.807, 2.05) is 20.8 Å². The Morgan fingerprint density at radius 3 is 2.66 bits per heavy atom. The number of ether oxygens (including phenoxy) is 1. The first kappa shape index (κ1) is 25.2. The largest absolute Gasteiger partial charge is 0.481 e. The lowest BCUT2D eigenvalue weighted by molar-refractivity contribution is -0.153. The van der Waals surface area contributed by atoms with Gasteiger partial charge in [-0.3, -0.25) is 14.4 Å². The molecule has 0 aromatic heterocycles. The molecule has 3 heterocycles. The molecule has 8 nitrogen and oxygen atoms in total. The number of hydrogen-bond acceptors (Lipinski definition) is 5. The standard InChI is InChI=1S/C23H35BrN2O6/c1-5-7-9-25(8-6-2)21(29)19-23-11-15(24)18(32-23)16(22(30)31)17(23)20(28)26(19)14(12-27)10-13(3)4/h6,13-19,27H,2,5,7-12H2,1,3-4H3,(H,30,31)/t14-,15?,16+,17-,18+,19+,23-/m1/s1. The monoisotopic (exact) mass is 514 g/mol. The molecule has 2 amide bonds. The van der Waals surface area contributed by atoms with E-state index in [1.54, 1.807) is 11.0 Å². The zero-order valence-corrected chi connectivity index (χ0v) is 20.7. The number of carbonyl (C=O) groups is 3. The number of aliphatic hydroxyl groups is 1. The highest BCUT2D eigenvalue weighted by Gasteiger charge is 2.77. The van der Waals surface area contributed by atoms with Crippen LogP contribution in [0.5, 0.6) is 0 Å². The van der Waals surface area contributed by atoms with Crippen molar-refractivity contribution in [1.82, 2.24) is 9.80 Å². The second-order valence-corrected chi connectivity index (χ2v) is 10.8. The van der Waals surface area contributed by atoms with Crippen LogP contribution in [-0.2, 0) is 19.1 Å². The van der Waals surface area contributed by atoms with Crippen molar-refractivity contribution >= 4 is 33.7 Å². The Bertz CT molecular complexity index is 761. The number of aliphatic carboxylic acids is 1. The van der Waals surface area contributed by atoms with E-state index in [4.69, 9.17) is 4.74 Å². The van der Waals surface area contributed by atoms with Crippen LogP contribution in [0.2, 0.25) is 0 Å². The van der Waals surface area contributed by atoms with Gasteiger partial charge < -0.3 is 24.7 Å². The second kappa shape index (κ2) is 9.81. The summed E-state index contributed by atoms with van der Waals surface area (Å²) in [7, 11) is 0. The Hall–Kier alpha value is -1.45. The number of carboxylic acid groups (broad SMARTS) is 1. The molecule has 1 spiro atoms. The summed E-state index contributed by atoms with van der Waals surface area (Å²) in [6, 6.07) is -1.55. The summed E-state index contributed by atoms with van der Waals surface area (Å²) < 4.78 is 6.29. The zero-order chi connectivity index (χ0) is 23.8. The first-order valence-corrected chi connectivity index (χ1v) is 12.4. The number of hydrogen-bond donors (Lipinski definition) is 2. The van der Waals surface area contributed by atoms with Gasteiger partial charge in [-0.2, -0.15) is 0 Å². The first-order valence-electron chi connectivity index (χ1n) is 11.5. The molecular formula is C23H35BrN2O6. The van der Waals surface area contributed by atoms with Crippen LogP contribution >= 0.6 is 15.9 Å². The number of alkyl halides is 1. The Labute approximate surface area is 198 Å². The van der Waals surface area contributed by atoms with Gasteiger partial charge in [0.25, 0.3) is 0 Å². The number of halogens is 1. The predicted octanol–water partition coefficient (Wildman–Crippen LogP) is 2.04. The number of rotatable bonds is 11. The van der Waals surface area contributed by atoms with Crippen LogP contribution in [0.25, 0.3) is 0 Å². The highest BCUT2D eigenvalue weighted by Crippen LogP contribution is 2.60. The van der Waals surface area contributed by atoms with Crippen molar-refractivity contribution in [2.24, 2.45) is 17.8 Å². The average Bonchev–Trinajstić information content (AvgIpc) is 3.32. The van der Waals surface area contributed by atoms with Gasteiger partial charge in [0.05, 0.1) is 30.6 Å². The summed E-state index contributed by atoms with van der Waals surface area (Å²) in [6.07, 6.45) is 3.57. The summed E-state index contributed by atoms with van der Waals surface area (Å²) in [5.41, 5.74) is -1.22. The maximum atomic E-state index is 14.0. The van der Waals surface area contributed by atoms with E-state index in [-0.39, 0.29) is 23.3 Å². The molecule has 1 unspecified atom stereocenters. The van der Waals surface area contributed by atoms with Crippen LogP contribution < -0.4 is 0 Å². The van der Waals surface area contributed by atoms with Crippen LogP contribution in [0.4, 0.5) is 0 Å². The third kappa shape index (κ3) is 4.01. The summed E-state index contributed by atoms with van der Waals surface area (Å²) in [5, 5.41) is 20.1. The topological polar surface area (TPSA) is 107 Å². The fourth-order valence-corrected chi connectivity index (χ4v) is 6.75. The minimum Gasteiger partial charge on any atom is -0.481 e. The molecule has 3 aliphatic heterocycles. The predicted molar refractivity (Wildman–Crippen MR) is 122 cm³/mol. The van der Waals surface area contributed by atoms with Crippen LogP contribution in [0.3, 0.4) is 0 Å². The van der Waals surface area contributed by atoms with E-state index in [0.717, 1.165) is 12.8 Å². The van der Waals surface area contributed by atoms with Crippen molar-refractivity contribution in [2.45, 2.75) is 75.1 Å². The summed E-state index contributed by atoms with van der Waals surface area (Å²) >= 11 is 3.55. The fourth-order valence-electron chi connectivity index (χ4n) is 5.81. The molecule has 180 valence electrons. The van der Waals surface area contributed by atoms with Crippen molar-refractivity contribution in [2.75, 3.05) is 19.7 Å². The molecule has 0 aromatic rings. The van der Waals surface area contributed by atoms with Gasteiger partial charge in [0.15, 0.2) is 0 Å². The van der Waals surface area contributed by atoms with Gasteiger partial charge in [-0.15, -0.1) is 6.58 Å². The van der Waals surface area contributed by atoms with Gasteiger partial charge in [0, 0.05) is 17.9 Å². The molecule has 3 aliphatic rings. The number of amides is 2. The molecule has 0 saturated carbocycles. The highest BCUT2D eigenvalue weighted by molar-refractivity contribution is 9.09. The normalized spacial score (nSPS) is 34.1. The SMILES string of the molecule is C=CCN(CCCC)C(=O)[C@@H]1N([C@@H](CO)CC(C)C)C(=O)[C@H]2[C@H](C(=O)O)[C@H]3O[C@@]12CC3Br.